The SMILES string of the molecule is Cc1ccc(SCc2noc(CC3CNC3)n2)cc1. The van der Waals surface area contributed by atoms with E-state index < -0.39 is 0 Å². The van der Waals surface area contributed by atoms with Gasteiger partial charge in [0.25, 0.3) is 0 Å². The first-order valence-electron chi connectivity index (χ1n) is 6.51. The third kappa shape index (κ3) is 3.36. The predicted molar refractivity (Wildman–Crippen MR) is 75.1 cm³/mol. The first kappa shape index (κ1) is 12.7. The van der Waals surface area contributed by atoms with Crippen LogP contribution in [-0.2, 0) is 12.2 Å². The lowest BCUT2D eigenvalue weighted by atomic mass is 10.00. The smallest absolute Gasteiger partial charge is 0.227 e. The summed E-state index contributed by atoms with van der Waals surface area (Å²) in [5.41, 5.74) is 1.28. The molecule has 1 fully saturated rings. The lowest BCUT2D eigenvalue weighted by Crippen LogP contribution is -2.43. The molecule has 1 saturated heterocycles. The van der Waals surface area contributed by atoms with Crippen molar-refractivity contribution in [1.82, 2.24) is 15.5 Å². The van der Waals surface area contributed by atoms with Crippen molar-refractivity contribution in [2.75, 3.05) is 13.1 Å². The Balaban J connectivity index is 1.53. The monoisotopic (exact) mass is 275 g/mol. The molecule has 0 saturated carbocycles. The third-order valence-electron chi connectivity index (χ3n) is 3.23. The van der Waals surface area contributed by atoms with Crippen molar-refractivity contribution in [3.63, 3.8) is 0 Å². The molecule has 5 heteroatoms. The van der Waals surface area contributed by atoms with Crippen molar-refractivity contribution in [2.45, 2.75) is 24.0 Å². The normalized spacial score (nSPS) is 15.4. The van der Waals surface area contributed by atoms with Gasteiger partial charge in [-0.05, 0) is 38.1 Å². The van der Waals surface area contributed by atoms with Crippen LogP contribution in [-0.4, -0.2) is 23.2 Å². The highest BCUT2D eigenvalue weighted by Crippen LogP contribution is 2.22. The molecular formula is C14H17N3OS. The number of hydrogen-bond acceptors (Lipinski definition) is 5. The Labute approximate surface area is 117 Å². The van der Waals surface area contributed by atoms with Crippen LogP contribution in [0.1, 0.15) is 17.3 Å². The van der Waals surface area contributed by atoms with Gasteiger partial charge in [-0.3, -0.25) is 0 Å². The van der Waals surface area contributed by atoms with Gasteiger partial charge in [-0.15, -0.1) is 11.8 Å². The topological polar surface area (TPSA) is 51.0 Å². The maximum absolute atomic E-state index is 5.28. The summed E-state index contributed by atoms with van der Waals surface area (Å²) in [6.07, 6.45) is 0.898. The number of thioether (sulfide) groups is 1. The van der Waals surface area contributed by atoms with E-state index in [1.807, 2.05) is 0 Å². The van der Waals surface area contributed by atoms with Gasteiger partial charge in [0.05, 0.1) is 5.75 Å². The van der Waals surface area contributed by atoms with Crippen molar-refractivity contribution in [2.24, 2.45) is 5.92 Å². The molecule has 4 nitrogen and oxygen atoms in total. The second-order valence-electron chi connectivity index (χ2n) is 4.93. The van der Waals surface area contributed by atoms with Gasteiger partial charge in [-0.25, -0.2) is 0 Å². The van der Waals surface area contributed by atoms with Crippen LogP contribution in [0.15, 0.2) is 33.7 Å². The van der Waals surface area contributed by atoms with Crippen molar-refractivity contribution in [3.8, 4) is 0 Å². The van der Waals surface area contributed by atoms with Crippen molar-refractivity contribution >= 4 is 11.8 Å². The second-order valence-corrected chi connectivity index (χ2v) is 5.98. The Morgan fingerprint density at radius 1 is 1.32 bits per heavy atom. The molecule has 0 atom stereocenters. The van der Waals surface area contributed by atoms with E-state index in [0.29, 0.717) is 5.92 Å². The molecule has 0 unspecified atom stereocenters. The first-order valence-corrected chi connectivity index (χ1v) is 7.50. The maximum atomic E-state index is 5.28. The number of rotatable bonds is 5. The zero-order valence-corrected chi connectivity index (χ0v) is 11.7. The first-order chi connectivity index (χ1) is 9.29. The molecule has 100 valence electrons. The van der Waals surface area contributed by atoms with E-state index in [-0.39, 0.29) is 0 Å². The van der Waals surface area contributed by atoms with Gasteiger partial charge >= 0.3 is 0 Å². The van der Waals surface area contributed by atoms with Crippen LogP contribution in [0, 0.1) is 12.8 Å². The molecule has 3 rings (SSSR count). The van der Waals surface area contributed by atoms with Crippen LogP contribution in [0.25, 0.3) is 0 Å². The molecule has 0 spiro atoms. The van der Waals surface area contributed by atoms with Gasteiger partial charge in [0, 0.05) is 11.3 Å². The van der Waals surface area contributed by atoms with Crippen LogP contribution < -0.4 is 5.32 Å². The third-order valence-corrected chi connectivity index (χ3v) is 4.24. The number of nitrogens with zero attached hydrogens (tertiary/aromatic N) is 2. The molecule has 1 aliphatic rings. The minimum Gasteiger partial charge on any atom is -0.339 e. The van der Waals surface area contributed by atoms with Crippen LogP contribution in [0.4, 0.5) is 0 Å². The van der Waals surface area contributed by atoms with Gasteiger partial charge in [-0.2, -0.15) is 4.98 Å². The largest absolute Gasteiger partial charge is 0.339 e. The summed E-state index contributed by atoms with van der Waals surface area (Å²) in [7, 11) is 0. The minimum absolute atomic E-state index is 0.665. The summed E-state index contributed by atoms with van der Waals surface area (Å²) in [5.74, 6) is 2.98. The lowest BCUT2D eigenvalue weighted by molar-refractivity contribution is 0.295. The second kappa shape index (κ2) is 5.75. The Bertz CT molecular complexity index is 534. The summed E-state index contributed by atoms with van der Waals surface area (Å²) in [4.78, 5) is 5.67. The molecule has 1 aromatic carbocycles. The van der Waals surface area contributed by atoms with Crippen LogP contribution in [0.2, 0.25) is 0 Å². The molecule has 0 aliphatic carbocycles. The van der Waals surface area contributed by atoms with Crippen molar-refractivity contribution in [1.29, 1.82) is 0 Å². The summed E-state index contributed by atoms with van der Waals surface area (Å²) < 4.78 is 5.28. The Morgan fingerprint density at radius 2 is 2.11 bits per heavy atom. The molecule has 1 aromatic heterocycles. The van der Waals surface area contributed by atoms with E-state index in [2.05, 4.69) is 46.6 Å². The average molecular weight is 275 g/mol. The fourth-order valence-corrected chi connectivity index (χ4v) is 2.70. The van der Waals surface area contributed by atoms with E-state index in [0.717, 1.165) is 37.0 Å². The van der Waals surface area contributed by atoms with Gasteiger partial charge in [-0.1, -0.05) is 22.9 Å². The molecule has 0 amide bonds. The van der Waals surface area contributed by atoms with E-state index in [1.165, 1.54) is 10.5 Å². The Hall–Kier alpha value is -1.33. The fourth-order valence-electron chi connectivity index (χ4n) is 1.95. The standard InChI is InChI=1S/C14H17N3OS/c1-10-2-4-12(5-3-10)19-9-13-16-14(18-17-13)6-11-7-15-8-11/h2-5,11,15H,6-9H2,1H3. The summed E-state index contributed by atoms with van der Waals surface area (Å²) >= 11 is 1.74. The van der Waals surface area contributed by atoms with E-state index in [1.54, 1.807) is 11.8 Å². The summed E-state index contributed by atoms with van der Waals surface area (Å²) in [5, 5.41) is 7.28. The van der Waals surface area contributed by atoms with Crippen LogP contribution in [0.5, 0.6) is 0 Å². The molecule has 1 N–H and O–H groups in total. The van der Waals surface area contributed by atoms with Gasteiger partial charge < -0.3 is 9.84 Å². The zero-order chi connectivity index (χ0) is 13.1. The lowest BCUT2D eigenvalue weighted by Gasteiger charge is -2.25. The van der Waals surface area contributed by atoms with Gasteiger partial charge in [0.1, 0.15) is 0 Å². The predicted octanol–water partition coefficient (Wildman–Crippen LogP) is 2.43. The molecule has 1 aliphatic heterocycles. The highest BCUT2D eigenvalue weighted by Gasteiger charge is 2.20. The number of nitrogens with one attached hydrogen (secondary N) is 1. The van der Waals surface area contributed by atoms with Gasteiger partial charge in [0.15, 0.2) is 5.82 Å². The molecule has 19 heavy (non-hydrogen) atoms. The summed E-state index contributed by atoms with van der Waals surface area (Å²) in [6.45, 7) is 4.22. The Kier molecular flexibility index (Phi) is 3.84. The molecule has 2 aromatic rings. The molecular weight excluding hydrogens is 258 g/mol. The molecule has 2 heterocycles. The van der Waals surface area contributed by atoms with E-state index in [4.69, 9.17) is 4.52 Å². The minimum atomic E-state index is 0.665. The number of benzene rings is 1. The van der Waals surface area contributed by atoms with Crippen molar-refractivity contribution in [3.05, 3.63) is 41.5 Å². The average Bonchev–Trinajstić information content (AvgIpc) is 2.81. The van der Waals surface area contributed by atoms with Crippen LogP contribution in [0.3, 0.4) is 0 Å². The van der Waals surface area contributed by atoms with Crippen LogP contribution >= 0.6 is 11.8 Å². The number of hydrogen-bond donors (Lipinski definition) is 1. The van der Waals surface area contributed by atoms with E-state index in [9.17, 15) is 0 Å². The highest BCUT2D eigenvalue weighted by atomic mass is 32.2. The zero-order valence-electron chi connectivity index (χ0n) is 10.9. The highest BCUT2D eigenvalue weighted by molar-refractivity contribution is 7.98. The van der Waals surface area contributed by atoms with E-state index >= 15 is 0 Å². The van der Waals surface area contributed by atoms with Gasteiger partial charge in [0.2, 0.25) is 5.89 Å². The maximum Gasteiger partial charge on any atom is 0.227 e. The fraction of sp³-hybridized carbons (Fsp3) is 0.429. The summed E-state index contributed by atoms with van der Waals surface area (Å²) in [6, 6.07) is 8.49. The quantitative estimate of drug-likeness (QED) is 0.849. The number of aromatic nitrogens is 2. The van der Waals surface area contributed by atoms with Crippen molar-refractivity contribution < 1.29 is 4.52 Å². The Morgan fingerprint density at radius 3 is 2.79 bits per heavy atom. The number of aryl methyl sites for hydroxylation is 1. The molecule has 0 radical (unpaired) electrons. The molecule has 0 bridgehead atoms.